The molecule has 122 valence electrons. The molecule has 8 heteroatoms. The van der Waals surface area contributed by atoms with E-state index in [1.807, 2.05) is 30.3 Å². The molecule has 0 bridgehead atoms. The van der Waals surface area contributed by atoms with Crippen LogP contribution in [0.3, 0.4) is 0 Å². The molecule has 0 atom stereocenters. The fourth-order valence-corrected chi connectivity index (χ4v) is 3.52. The van der Waals surface area contributed by atoms with Crippen LogP contribution < -0.4 is 5.73 Å². The molecule has 0 aliphatic rings. The lowest BCUT2D eigenvalue weighted by atomic mass is 10.1. The average molecular weight is 345 g/mol. The Labute approximate surface area is 137 Å². The maximum Gasteiger partial charge on any atom is 0.246 e. The van der Waals surface area contributed by atoms with Gasteiger partial charge in [0.05, 0.1) is 6.20 Å². The molecule has 22 heavy (non-hydrogen) atoms. The topological polar surface area (TPSA) is 81.2 Å². The minimum atomic E-state index is -3.54. The second-order valence-electron chi connectivity index (χ2n) is 4.78. The molecular weight excluding hydrogens is 324 g/mol. The van der Waals surface area contributed by atoms with Crippen molar-refractivity contribution in [3.8, 4) is 0 Å². The minimum Gasteiger partial charge on any atom is -0.329 e. The van der Waals surface area contributed by atoms with E-state index in [0.717, 1.165) is 5.56 Å². The van der Waals surface area contributed by atoms with Crippen molar-refractivity contribution in [3.05, 3.63) is 48.3 Å². The highest BCUT2D eigenvalue weighted by Crippen LogP contribution is 2.15. The molecule has 0 fully saturated rings. The molecule has 0 aliphatic carbocycles. The third-order valence-electron chi connectivity index (χ3n) is 3.19. The first-order valence-corrected chi connectivity index (χ1v) is 8.21. The van der Waals surface area contributed by atoms with Crippen LogP contribution in [-0.4, -0.2) is 42.1 Å². The van der Waals surface area contributed by atoms with Crippen molar-refractivity contribution < 1.29 is 8.42 Å². The van der Waals surface area contributed by atoms with Crippen LogP contribution >= 0.6 is 12.4 Å². The van der Waals surface area contributed by atoms with Crippen molar-refractivity contribution in [2.75, 3.05) is 19.6 Å². The zero-order valence-electron chi connectivity index (χ0n) is 12.4. The molecule has 0 saturated carbocycles. The fourth-order valence-electron chi connectivity index (χ4n) is 2.08. The summed E-state index contributed by atoms with van der Waals surface area (Å²) in [5.41, 5.74) is 6.65. The van der Waals surface area contributed by atoms with Crippen LogP contribution in [0, 0.1) is 0 Å². The Balaban J connectivity index is 0.00000242. The van der Waals surface area contributed by atoms with Gasteiger partial charge in [-0.15, -0.1) is 12.4 Å². The number of sulfonamides is 1. The van der Waals surface area contributed by atoms with E-state index < -0.39 is 10.0 Å². The van der Waals surface area contributed by atoms with E-state index in [1.165, 1.54) is 21.4 Å². The normalized spacial score (nSPS) is 11.4. The van der Waals surface area contributed by atoms with Crippen LogP contribution in [0.25, 0.3) is 0 Å². The van der Waals surface area contributed by atoms with Gasteiger partial charge in [-0.05, 0) is 12.0 Å². The molecule has 1 aromatic carbocycles. The van der Waals surface area contributed by atoms with Crippen LogP contribution in [0.1, 0.15) is 5.56 Å². The van der Waals surface area contributed by atoms with E-state index in [-0.39, 0.29) is 23.8 Å². The zero-order valence-corrected chi connectivity index (χ0v) is 14.1. The fraction of sp³-hybridized carbons (Fsp3) is 0.357. The number of nitrogens with zero attached hydrogens (tertiary/aromatic N) is 3. The average Bonchev–Trinajstić information content (AvgIpc) is 2.92. The largest absolute Gasteiger partial charge is 0.329 e. The van der Waals surface area contributed by atoms with E-state index in [1.54, 1.807) is 7.05 Å². The lowest BCUT2D eigenvalue weighted by Gasteiger charge is -2.20. The van der Waals surface area contributed by atoms with Crippen molar-refractivity contribution in [3.63, 3.8) is 0 Å². The lowest BCUT2D eigenvalue weighted by Crippen LogP contribution is -2.36. The molecule has 0 radical (unpaired) electrons. The molecule has 0 spiro atoms. The summed E-state index contributed by atoms with van der Waals surface area (Å²) in [6, 6.07) is 9.79. The van der Waals surface area contributed by atoms with Gasteiger partial charge in [0.2, 0.25) is 10.0 Å². The number of hydrogen-bond acceptors (Lipinski definition) is 4. The summed E-state index contributed by atoms with van der Waals surface area (Å²) in [5.74, 6) is 0. The van der Waals surface area contributed by atoms with Gasteiger partial charge in [0.15, 0.2) is 0 Å². The van der Waals surface area contributed by atoms with E-state index in [2.05, 4.69) is 5.10 Å². The second-order valence-corrected chi connectivity index (χ2v) is 6.72. The summed E-state index contributed by atoms with van der Waals surface area (Å²) >= 11 is 0. The Morgan fingerprint density at radius 3 is 2.45 bits per heavy atom. The first-order chi connectivity index (χ1) is 10.0. The van der Waals surface area contributed by atoms with Gasteiger partial charge in [-0.25, -0.2) is 8.42 Å². The van der Waals surface area contributed by atoms with Gasteiger partial charge in [-0.2, -0.15) is 9.40 Å². The molecule has 2 N–H and O–H groups in total. The van der Waals surface area contributed by atoms with Gasteiger partial charge < -0.3 is 5.73 Å². The molecule has 0 amide bonds. The maximum atomic E-state index is 12.6. The third kappa shape index (κ3) is 4.54. The third-order valence-corrected chi connectivity index (χ3v) is 5.04. The number of aromatic nitrogens is 2. The van der Waals surface area contributed by atoms with E-state index in [9.17, 15) is 8.42 Å². The van der Waals surface area contributed by atoms with Gasteiger partial charge in [0, 0.05) is 32.9 Å². The first-order valence-electron chi connectivity index (χ1n) is 6.77. The summed E-state index contributed by atoms with van der Waals surface area (Å²) < 4.78 is 28.0. The van der Waals surface area contributed by atoms with Gasteiger partial charge >= 0.3 is 0 Å². The SMILES string of the molecule is Cl.Cn1cc(S(=O)(=O)N(CCN)CCc2ccccc2)cn1. The monoisotopic (exact) mass is 344 g/mol. The number of rotatable bonds is 7. The van der Waals surface area contributed by atoms with Crippen LogP contribution in [-0.2, 0) is 23.5 Å². The Morgan fingerprint density at radius 1 is 1.23 bits per heavy atom. The number of halogens is 1. The molecule has 1 aromatic heterocycles. The molecular formula is C14H21ClN4O2S. The zero-order chi connectivity index (χ0) is 15.3. The van der Waals surface area contributed by atoms with Gasteiger partial charge in [0.1, 0.15) is 4.90 Å². The molecule has 2 rings (SSSR count). The Kier molecular flexibility index (Phi) is 7.02. The first kappa shape index (κ1) is 18.6. The highest BCUT2D eigenvalue weighted by Gasteiger charge is 2.24. The Bertz CT molecular complexity index is 673. The Morgan fingerprint density at radius 2 is 1.91 bits per heavy atom. The lowest BCUT2D eigenvalue weighted by molar-refractivity contribution is 0.421. The van der Waals surface area contributed by atoms with Gasteiger partial charge in [-0.1, -0.05) is 30.3 Å². The van der Waals surface area contributed by atoms with Crippen LogP contribution in [0.4, 0.5) is 0 Å². The minimum absolute atomic E-state index is 0. The summed E-state index contributed by atoms with van der Waals surface area (Å²) in [5, 5.41) is 3.92. The van der Waals surface area contributed by atoms with E-state index >= 15 is 0 Å². The summed E-state index contributed by atoms with van der Waals surface area (Å²) in [4.78, 5) is 0.200. The maximum absolute atomic E-state index is 12.6. The van der Waals surface area contributed by atoms with Crippen LogP contribution in [0.2, 0.25) is 0 Å². The highest BCUT2D eigenvalue weighted by molar-refractivity contribution is 7.89. The van der Waals surface area contributed by atoms with Crippen LogP contribution in [0.5, 0.6) is 0 Å². The van der Waals surface area contributed by atoms with Gasteiger partial charge in [0.25, 0.3) is 0 Å². The molecule has 0 aliphatic heterocycles. The van der Waals surface area contributed by atoms with Crippen LogP contribution in [0.15, 0.2) is 47.6 Å². The standard InChI is InChI=1S/C14H20N4O2S.ClH/c1-17-12-14(11-16-17)21(19,20)18(10-8-15)9-7-13-5-3-2-4-6-13;/h2-6,11-12H,7-10,15H2,1H3;1H. The van der Waals surface area contributed by atoms with Crippen molar-refractivity contribution in [1.29, 1.82) is 0 Å². The summed E-state index contributed by atoms with van der Waals surface area (Å²) in [7, 11) is -1.85. The number of benzene rings is 1. The molecule has 0 unspecified atom stereocenters. The summed E-state index contributed by atoms with van der Waals surface area (Å²) in [6.45, 7) is 0.983. The predicted octanol–water partition coefficient (Wildman–Crippen LogP) is 1.03. The number of hydrogen-bond donors (Lipinski definition) is 1. The second kappa shape index (κ2) is 8.28. The molecule has 6 nitrogen and oxygen atoms in total. The number of aryl methyl sites for hydroxylation is 1. The van der Waals surface area contributed by atoms with Crippen molar-refractivity contribution in [2.24, 2.45) is 12.8 Å². The molecule has 2 aromatic rings. The Hall–Kier alpha value is -1.41. The van der Waals surface area contributed by atoms with E-state index in [4.69, 9.17) is 5.73 Å². The van der Waals surface area contributed by atoms with Crippen molar-refractivity contribution >= 4 is 22.4 Å². The van der Waals surface area contributed by atoms with Crippen molar-refractivity contribution in [1.82, 2.24) is 14.1 Å². The molecule has 0 saturated heterocycles. The predicted molar refractivity (Wildman–Crippen MR) is 88.4 cm³/mol. The quantitative estimate of drug-likeness (QED) is 0.813. The molecule has 1 heterocycles. The van der Waals surface area contributed by atoms with Crippen molar-refractivity contribution in [2.45, 2.75) is 11.3 Å². The van der Waals surface area contributed by atoms with Gasteiger partial charge in [-0.3, -0.25) is 4.68 Å². The number of nitrogens with two attached hydrogens (primary N) is 1. The summed E-state index contributed by atoms with van der Waals surface area (Å²) in [6.07, 6.45) is 3.52. The smallest absolute Gasteiger partial charge is 0.246 e. The highest BCUT2D eigenvalue weighted by atomic mass is 35.5. The van der Waals surface area contributed by atoms with E-state index in [0.29, 0.717) is 19.5 Å².